The molecule has 0 bridgehead atoms. The second-order valence-electron chi connectivity index (χ2n) is 2.76. The third-order valence-corrected chi connectivity index (χ3v) is 2.88. The Kier molecular flexibility index (Phi) is 2.10. The molecule has 2 N–H and O–H groups in total. The number of amides is 1. The molecule has 0 aromatic carbocycles. The SMILES string of the molecule is NC(=O)C1=CN2CC=CN=C2SC1. The van der Waals surface area contributed by atoms with E-state index in [9.17, 15) is 4.79 Å². The molecule has 1 amide bonds. The van der Waals surface area contributed by atoms with E-state index in [4.69, 9.17) is 5.73 Å². The van der Waals surface area contributed by atoms with E-state index >= 15 is 0 Å². The number of hydrogen-bond donors (Lipinski definition) is 1. The first kappa shape index (κ1) is 8.37. The number of thioether (sulfide) groups is 1. The lowest BCUT2D eigenvalue weighted by Crippen LogP contribution is -2.32. The normalized spacial score (nSPS) is 20.5. The minimum absolute atomic E-state index is 0.346. The van der Waals surface area contributed by atoms with E-state index in [0.717, 1.165) is 11.7 Å². The zero-order valence-corrected chi connectivity index (χ0v) is 7.75. The summed E-state index contributed by atoms with van der Waals surface area (Å²) in [6, 6.07) is 0. The lowest BCUT2D eigenvalue weighted by Gasteiger charge is -2.26. The van der Waals surface area contributed by atoms with Crippen LogP contribution in [-0.2, 0) is 4.79 Å². The fourth-order valence-electron chi connectivity index (χ4n) is 1.16. The fourth-order valence-corrected chi connectivity index (χ4v) is 2.09. The summed E-state index contributed by atoms with van der Waals surface area (Å²) < 4.78 is 0. The molecule has 4 nitrogen and oxygen atoms in total. The monoisotopic (exact) mass is 195 g/mol. The van der Waals surface area contributed by atoms with Crippen LogP contribution in [0.5, 0.6) is 0 Å². The van der Waals surface area contributed by atoms with E-state index in [1.165, 1.54) is 11.8 Å². The second kappa shape index (κ2) is 3.26. The molecule has 2 heterocycles. The van der Waals surface area contributed by atoms with Gasteiger partial charge in [-0.15, -0.1) is 0 Å². The van der Waals surface area contributed by atoms with Gasteiger partial charge in [-0.1, -0.05) is 11.8 Å². The maximum atomic E-state index is 10.9. The number of fused-ring (bicyclic) bond motifs is 1. The number of hydrogen-bond acceptors (Lipinski definition) is 4. The zero-order chi connectivity index (χ0) is 9.26. The number of amidine groups is 1. The number of aliphatic imine (C=N–C) groups is 1. The van der Waals surface area contributed by atoms with Crippen molar-refractivity contribution in [2.45, 2.75) is 0 Å². The Morgan fingerprint density at radius 1 is 1.69 bits per heavy atom. The highest BCUT2D eigenvalue weighted by atomic mass is 32.2. The van der Waals surface area contributed by atoms with Crippen LogP contribution in [-0.4, -0.2) is 28.3 Å². The van der Waals surface area contributed by atoms with Gasteiger partial charge in [0.25, 0.3) is 0 Å². The molecule has 0 aromatic rings. The first-order valence-electron chi connectivity index (χ1n) is 3.90. The number of nitrogens with zero attached hydrogens (tertiary/aromatic N) is 2. The molecular formula is C8H9N3OS. The van der Waals surface area contributed by atoms with Crippen LogP contribution in [0.3, 0.4) is 0 Å². The first-order chi connectivity index (χ1) is 6.27. The molecule has 0 spiro atoms. The quantitative estimate of drug-likeness (QED) is 0.654. The van der Waals surface area contributed by atoms with E-state index in [0.29, 0.717) is 11.3 Å². The molecule has 0 aromatic heterocycles. The minimum atomic E-state index is -0.346. The van der Waals surface area contributed by atoms with Crippen molar-refractivity contribution >= 4 is 22.8 Å². The van der Waals surface area contributed by atoms with Crippen molar-refractivity contribution in [3.63, 3.8) is 0 Å². The fraction of sp³-hybridized carbons (Fsp3) is 0.250. The minimum Gasteiger partial charge on any atom is -0.366 e. The molecule has 5 heteroatoms. The predicted octanol–water partition coefficient (Wildman–Crippen LogP) is 0.288. The second-order valence-corrected chi connectivity index (χ2v) is 3.70. The molecule has 0 radical (unpaired) electrons. The summed E-state index contributed by atoms with van der Waals surface area (Å²) in [6.07, 6.45) is 5.49. The highest BCUT2D eigenvalue weighted by molar-refractivity contribution is 8.14. The third kappa shape index (κ3) is 1.60. The van der Waals surface area contributed by atoms with Crippen molar-refractivity contribution < 1.29 is 4.79 Å². The van der Waals surface area contributed by atoms with Gasteiger partial charge in [-0.05, 0) is 6.08 Å². The van der Waals surface area contributed by atoms with Gasteiger partial charge < -0.3 is 10.6 Å². The Bertz CT molecular complexity index is 332. The van der Waals surface area contributed by atoms with Gasteiger partial charge >= 0.3 is 0 Å². The third-order valence-electron chi connectivity index (χ3n) is 1.82. The van der Waals surface area contributed by atoms with E-state index in [1.807, 2.05) is 11.0 Å². The Morgan fingerprint density at radius 2 is 2.54 bits per heavy atom. The van der Waals surface area contributed by atoms with E-state index in [1.54, 1.807) is 12.4 Å². The molecular weight excluding hydrogens is 186 g/mol. The van der Waals surface area contributed by atoms with Gasteiger partial charge in [0.15, 0.2) is 5.17 Å². The molecule has 0 saturated carbocycles. The van der Waals surface area contributed by atoms with Crippen molar-refractivity contribution in [3.8, 4) is 0 Å². The number of primary amides is 1. The Labute approximate surface area is 80.2 Å². The van der Waals surface area contributed by atoms with Crippen molar-refractivity contribution in [1.82, 2.24) is 4.90 Å². The maximum Gasteiger partial charge on any atom is 0.246 e. The lowest BCUT2D eigenvalue weighted by atomic mass is 10.3. The Balaban J connectivity index is 2.24. The van der Waals surface area contributed by atoms with Gasteiger partial charge in [-0.2, -0.15) is 0 Å². The molecule has 0 saturated heterocycles. The molecule has 0 fully saturated rings. The van der Waals surface area contributed by atoms with E-state index in [-0.39, 0.29) is 5.91 Å². The molecule has 2 aliphatic heterocycles. The molecule has 2 rings (SSSR count). The zero-order valence-electron chi connectivity index (χ0n) is 6.93. The number of carbonyl (C=O) groups is 1. The summed E-state index contributed by atoms with van der Waals surface area (Å²) >= 11 is 1.54. The topological polar surface area (TPSA) is 58.7 Å². The van der Waals surface area contributed by atoms with Crippen molar-refractivity contribution in [3.05, 3.63) is 24.0 Å². The van der Waals surface area contributed by atoms with E-state index < -0.39 is 0 Å². The number of rotatable bonds is 1. The van der Waals surface area contributed by atoms with Crippen LogP contribution >= 0.6 is 11.8 Å². The number of carbonyl (C=O) groups excluding carboxylic acids is 1. The van der Waals surface area contributed by atoms with Gasteiger partial charge in [0.2, 0.25) is 5.91 Å². The van der Waals surface area contributed by atoms with Crippen LogP contribution in [0, 0.1) is 0 Å². The van der Waals surface area contributed by atoms with E-state index in [2.05, 4.69) is 4.99 Å². The molecule has 0 aliphatic carbocycles. The highest BCUT2D eigenvalue weighted by Crippen LogP contribution is 2.22. The van der Waals surface area contributed by atoms with Gasteiger partial charge in [0.1, 0.15) is 0 Å². The van der Waals surface area contributed by atoms with Gasteiger partial charge in [0, 0.05) is 30.3 Å². The first-order valence-corrected chi connectivity index (χ1v) is 4.88. The average Bonchev–Trinajstić information content (AvgIpc) is 2.17. The molecule has 13 heavy (non-hydrogen) atoms. The summed E-state index contributed by atoms with van der Waals surface area (Å²) in [6.45, 7) is 0.766. The van der Waals surface area contributed by atoms with Crippen LogP contribution in [0.4, 0.5) is 0 Å². The molecule has 0 atom stereocenters. The highest BCUT2D eigenvalue weighted by Gasteiger charge is 2.20. The van der Waals surface area contributed by atoms with Gasteiger partial charge in [-0.25, -0.2) is 4.99 Å². The molecule has 68 valence electrons. The Hall–Kier alpha value is -1.23. The largest absolute Gasteiger partial charge is 0.366 e. The summed E-state index contributed by atoms with van der Waals surface area (Å²) in [5, 5.41) is 0.938. The standard InChI is InChI=1S/C8H9N3OS/c9-7(12)6-4-11-3-1-2-10-8(11)13-5-6/h1-2,4H,3,5H2,(H2,9,12). The van der Waals surface area contributed by atoms with Gasteiger partial charge in [-0.3, -0.25) is 4.79 Å². The smallest absolute Gasteiger partial charge is 0.246 e. The molecule has 0 unspecified atom stereocenters. The van der Waals surface area contributed by atoms with Crippen LogP contribution in [0.2, 0.25) is 0 Å². The summed E-state index contributed by atoms with van der Waals surface area (Å²) in [5.41, 5.74) is 5.84. The lowest BCUT2D eigenvalue weighted by molar-refractivity contribution is -0.114. The van der Waals surface area contributed by atoms with Gasteiger partial charge in [0.05, 0.1) is 0 Å². The van der Waals surface area contributed by atoms with Crippen LogP contribution in [0.1, 0.15) is 0 Å². The van der Waals surface area contributed by atoms with Crippen molar-refractivity contribution in [2.24, 2.45) is 10.7 Å². The summed E-state index contributed by atoms with van der Waals surface area (Å²) in [4.78, 5) is 17.0. The van der Waals surface area contributed by atoms with Crippen LogP contribution in [0.25, 0.3) is 0 Å². The van der Waals surface area contributed by atoms with Crippen LogP contribution in [0.15, 0.2) is 29.0 Å². The predicted molar refractivity (Wildman–Crippen MR) is 53.0 cm³/mol. The number of nitrogens with two attached hydrogens (primary N) is 1. The molecule has 2 aliphatic rings. The Morgan fingerprint density at radius 3 is 3.31 bits per heavy atom. The summed E-state index contributed by atoms with van der Waals surface area (Å²) in [7, 11) is 0. The van der Waals surface area contributed by atoms with Crippen molar-refractivity contribution in [2.75, 3.05) is 12.3 Å². The maximum absolute atomic E-state index is 10.9. The van der Waals surface area contributed by atoms with Crippen LogP contribution < -0.4 is 5.73 Å². The van der Waals surface area contributed by atoms with Crippen molar-refractivity contribution in [1.29, 1.82) is 0 Å². The summed E-state index contributed by atoms with van der Waals surface area (Å²) in [5.74, 6) is 0.277. The average molecular weight is 195 g/mol.